The Morgan fingerprint density at radius 3 is 2.82 bits per heavy atom. The van der Waals surface area contributed by atoms with Gasteiger partial charge in [-0.1, -0.05) is 25.1 Å². The molecule has 144 valence electrons. The standard InChI is InChI=1S/C19H21N7O2/c1-2-16-21-18(25-23-16)15-12-26(10-11-28-15)17-9-8-14(22-24-17)19(27)20-13-6-4-3-5-7-13/h3-9,15H,2,10-12H2,1H3,(H,20,27)(H,21,23,25). The summed E-state index contributed by atoms with van der Waals surface area (Å²) in [5, 5.41) is 18.3. The van der Waals surface area contributed by atoms with Crippen molar-refractivity contribution in [3.8, 4) is 0 Å². The van der Waals surface area contributed by atoms with Crippen molar-refractivity contribution < 1.29 is 9.53 Å². The van der Waals surface area contributed by atoms with Crippen molar-refractivity contribution in [2.24, 2.45) is 0 Å². The molecule has 3 heterocycles. The van der Waals surface area contributed by atoms with Gasteiger partial charge in [-0.15, -0.1) is 10.2 Å². The van der Waals surface area contributed by atoms with Crippen LogP contribution >= 0.6 is 0 Å². The number of morpholine rings is 1. The topological polar surface area (TPSA) is 109 Å². The Bertz CT molecular complexity index is 927. The van der Waals surface area contributed by atoms with Gasteiger partial charge in [-0.2, -0.15) is 5.10 Å². The second-order valence-electron chi connectivity index (χ2n) is 6.40. The third-order valence-corrected chi connectivity index (χ3v) is 4.48. The Morgan fingerprint density at radius 2 is 2.11 bits per heavy atom. The number of hydrogen-bond donors (Lipinski definition) is 2. The number of rotatable bonds is 5. The van der Waals surface area contributed by atoms with Gasteiger partial charge in [0.2, 0.25) is 0 Å². The van der Waals surface area contributed by atoms with Gasteiger partial charge < -0.3 is 15.0 Å². The molecule has 4 rings (SSSR count). The summed E-state index contributed by atoms with van der Waals surface area (Å²) in [5.74, 6) is 1.88. The highest BCUT2D eigenvalue weighted by Gasteiger charge is 2.26. The number of nitrogens with zero attached hydrogens (tertiary/aromatic N) is 5. The van der Waals surface area contributed by atoms with E-state index < -0.39 is 0 Å². The fourth-order valence-corrected chi connectivity index (χ4v) is 2.96. The number of aromatic amines is 1. The zero-order valence-electron chi connectivity index (χ0n) is 15.5. The normalized spacial score (nSPS) is 16.8. The highest BCUT2D eigenvalue weighted by Crippen LogP contribution is 2.22. The fourth-order valence-electron chi connectivity index (χ4n) is 2.96. The number of hydrogen-bond acceptors (Lipinski definition) is 7. The van der Waals surface area contributed by atoms with Crippen LogP contribution in [0.2, 0.25) is 0 Å². The van der Waals surface area contributed by atoms with Crippen LogP contribution in [0.5, 0.6) is 0 Å². The van der Waals surface area contributed by atoms with Crippen molar-refractivity contribution in [1.29, 1.82) is 0 Å². The van der Waals surface area contributed by atoms with E-state index in [2.05, 4.69) is 35.6 Å². The third kappa shape index (κ3) is 3.99. The number of aryl methyl sites for hydroxylation is 1. The van der Waals surface area contributed by atoms with E-state index in [4.69, 9.17) is 4.74 Å². The van der Waals surface area contributed by atoms with Crippen molar-refractivity contribution in [3.63, 3.8) is 0 Å². The summed E-state index contributed by atoms with van der Waals surface area (Å²) in [5.41, 5.74) is 0.978. The van der Waals surface area contributed by atoms with Crippen LogP contribution in [-0.4, -0.2) is 51.0 Å². The lowest BCUT2D eigenvalue weighted by Gasteiger charge is -2.32. The second-order valence-corrected chi connectivity index (χ2v) is 6.40. The van der Waals surface area contributed by atoms with Gasteiger partial charge >= 0.3 is 0 Å². The molecular weight excluding hydrogens is 358 g/mol. The first kappa shape index (κ1) is 18.1. The Balaban J connectivity index is 1.42. The van der Waals surface area contributed by atoms with Gasteiger partial charge in [-0.3, -0.25) is 9.89 Å². The zero-order chi connectivity index (χ0) is 19.3. The van der Waals surface area contributed by atoms with Crippen molar-refractivity contribution >= 4 is 17.4 Å². The number of benzene rings is 1. The Morgan fingerprint density at radius 1 is 1.25 bits per heavy atom. The first-order valence-corrected chi connectivity index (χ1v) is 9.21. The highest BCUT2D eigenvalue weighted by molar-refractivity contribution is 6.02. The van der Waals surface area contributed by atoms with E-state index in [1.54, 1.807) is 12.1 Å². The number of amides is 1. The number of ether oxygens (including phenoxy) is 1. The lowest BCUT2D eigenvalue weighted by Crippen LogP contribution is -2.39. The molecule has 0 spiro atoms. The van der Waals surface area contributed by atoms with Gasteiger partial charge in [0.15, 0.2) is 17.3 Å². The number of anilines is 2. The summed E-state index contributed by atoms with van der Waals surface area (Å²) in [6.07, 6.45) is 0.565. The van der Waals surface area contributed by atoms with Crippen LogP contribution in [0.3, 0.4) is 0 Å². The third-order valence-electron chi connectivity index (χ3n) is 4.48. The van der Waals surface area contributed by atoms with E-state index in [9.17, 15) is 4.79 Å². The molecule has 0 bridgehead atoms. The maximum Gasteiger partial charge on any atom is 0.276 e. The molecule has 9 heteroatoms. The number of nitrogens with one attached hydrogen (secondary N) is 2. The summed E-state index contributed by atoms with van der Waals surface area (Å²) in [6, 6.07) is 12.7. The molecule has 2 N–H and O–H groups in total. The van der Waals surface area contributed by atoms with Gasteiger partial charge in [0.1, 0.15) is 11.9 Å². The van der Waals surface area contributed by atoms with E-state index in [0.29, 0.717) is 37.0 Å². The van der Waals surface area contributed by atoms with Gasteiger partial charge in [0.05, 0.1) is 13.2 Å². The van der Waals surface area contributed by atoms with E-state index in [0.717, 1.165) is 12.2 Å². The zero-order valence-corrected chi connectivity index (χ0v) is 15.5. The Labute approximate surface area is 162 Å². The molecule has 0 radical (unpaired) electrons. The molecule has 9 nitrogen and oxygen atoms in total. The van der Waals surface area contributed by atoms with Crippen LogP contribution in [0.15, 0.2) is 42.5 Å². The minimum Gasteiger partial charge on any atom is -0.366 e. The largest absolute Gasteiger partial charge is 0.366 e. The second kappa shape index (κ2) is 8.13. The van der Waals surface area contributed by atoms with Crippen LogP contribution in [0.4, 0.5) is 11.5 Å². The lowest BCUT2D eigenvalue weighted by atomic mass is 10.2. The number of carbonyl (C=O) groups excluding carboxylic acids is 1. The summed E-state index contributed by atoms with van der Waals surface area (Å²) in [4.78, 5) is 18.8. The van der Waals surface area contributed by atoms with Crippen molar-refractivity contribution in [2.45, 2.75) is 19.4 Å². The van der Waals surface area contributed by atoms with Crippen molar-refractivity contribution in [3.05, 3.63) is 59.8 Å². The highest BCUT2D eigenvalue weighted by atomic mass is 16.5. The summed E-state index contributed by atoms with van der Waals surface area (Å²) in [7, 11) is 0. The average molecular weight is 379 g/mol. The first-order chi connectivity index (χ1) is 13.7. The predicted molar refractivity (Wildman–Crippen MR) is 103 cm³/mol. The van der Waals surface area contributed by atoms with Gasteiger partial charge in [0.25, 0.3) is 5.91 Å². The summed E-state index contributed by atoms with van der Waals surface area (Å²) >= 11 is 0. The maximum atomic E-state index is 12.3. The van der Waals surface area contributed by atoms with E-state index in [1.165, 1.54) is 0 Å². The fraction of sp³-hybridized carbons (Fsp3) is 0.316. The molecule has 0 aliphatic carbocycles. The van der Waals surface area contributed by atoms with Crippen LogP contribution < -0.4 is 10.2 Å². The molecular formula is C19H21N7O2. The molecule has 1 aliphatic heterocycles. The molecule has 1 aromatic carbocycles. The molecule has 1 amide bonds. The molecule has 1 atom stereocenters. The molecule has 2 aromatic heterocycles. The summed E-state index contributed by atoms with van der Waals surface area (Å²) < 4.78 is 5.80. The SMILES string of the molecule is CCc1nc(C2CN(c3ccc(C(=O)Nc4ccccc4)nn3)CCO2)n[nH]1. The molecule has 3 aromatic rings. The van der Waals surface area contributed by atoms with Gasteiger partial charge in [0, 0.05) is 18.7 Å². The van der Waals surface area contributed by atoms with E-state index >= 15 is 0 Å². The van der Waals surface area contributed by atoms with Crippen LogP contribution in [0.1, 0.15) is 35.2 Å². The maximum absolute atomic E-state index is 12.3. The predicted octanol–water partition coefficient (Wildman–Crippen LogP) is 1.99. The number of H-pyrrole nitrogens is 1. The van der Waals surface area contributed by atoms with Crippen molar-refractivity contribution in [2.75, 3.05) is 29.9 Å². The Hall–Kier alpha value is -3.33. The van der Waals surface area contributed by atoms with Crippen LogP contribution in [0, 0.1) is 0 Å². The first-order valence-electron chi connectivity index (χ1n) is 9.21. The van der Waals surface area contributed by atoms with Gasteiger partial charge in [-0.05, 0) is 24.3 Å². The smallest absolute Gasteiger partial charge is 0.276 e. The van der Waals surface area contributed by atoms with Crippen molar-refractivity contribution in [1.82, 2.24) is 25.4 Å². The molecule has 1 saturated heterocycles. The minimum atomic E-state index is -0.294. The average Bonchev–Trinajstić information content (AvgIpc) is 3.24. The molecule has 1 unspecified atom stereocenters. The molecule has 0 saturated carbocycles. The number of para-hydroxylation sites is 1. The number of carbonyl (C=O) groups is 1. The quantitative estimate of drug-likeness (QED) is 0.698. The summed E-state index contributed by atoms with van der Waals surface area (Å²) in [6.45, 7) is 3.82. The Kier molecular flexibility index (Phi) is 5.24. The van der Waals surface area contributed by atoms with Crippen LogP contribution in [0.25, 0.3) is 0 Å². The number of aromatic nitrogens is 5. The van der Waals surface area contributed by atoms with Gasteiger partial charge in [-0.25, -0.2) is 4.98 Å². The monoisotopic (exact) mass is 379 g/mol. The van der Waals surface area contributed by atoms with Crippen LogP contribution in [-0.2, 0) is 11.2 Å². The molecule has 28 heavy (non-hydrogen) atoms. The molecule has 1 fully saturated rings. The minimum absolute atomic E-state index is 0.229. The lowest BCUT2D eigenvalue weighted by molar-refractivity contribution is 0.0339. The van der Waals surface area contributed by atoms with E-state index in [1.807, 2.05) is 37.3 Å². The van der Waals surface area contributed by atoms with E-state index in [-0.39, 0.29) is 17.7 Å². The molecule has 1 aliphatic rings.